The number of aliphatic carboxylic acids is 1. The zero-order chi connectivity index (χ0) is 17.1. The van der Waals surface area contributed by atoms with Crippen molar-refractivity contribution in [2.45, 2.75) is 63.4 Å². The summed E-state index contributed by atoms with van der Waals surface area (Å²) in [7, 11) is 0. The SMILES string of the molecule is C[C@]12CC[C@@H]3c4ccc(O)cc4CC[C@H]3[C@@H]1CC[C@@]2(O)CC(=O)[O-]. The van der Waals surface area contributed by atoms with Crippen molar-refractivity contribution in [3.8, 4) is 5.75 Å². The third-order valence-electron chi connectivity index (χ3n) is 7.47. The van der Waals surface area contributed by atoms with Gasteiger partial charge in [-0.1, -0.05) is 13.0 Å². The Morgan fingerprint density at radius 3 is 2.83 bits per heavy atom. The number of carbonyl (C=O) groups is 1. The molecule has 0 heterocycles. The Kier molecular flexibility index (Phi) is 3.47. The predicted molar refractivity (Wildman–Crippen MR) is 87.3 cm³/mol. The number of aryl methyl sites for hydroxylation is 1. The molecule has 4 rings (SSSR count). The number of phenolic OH excluding ortho intramolecular Hbond substituents is 1. The van der Waals surface area contributed by atoms with Gasteiger partial charge >= 0.3 is 0 Å². The minimum Gasteiger partial charge on any atom is -0.550 e. The fourth-order valence-electron chi connectivity index (χ4n) is 6.21. The molecule has 5 atom stereocenters. The second kappa shape index (κ2) is 5.22. The number of phenols is 1. The highest BCUT2D eigenvalue weighted by Crippen LogP contribution is 2.65. The van der Waals surface area contributed by atoms with Crippen molar-refractivity contribution in [1.29, 1.82) is 0 Å². The maximum absolute atomic E-state index is 11.2. The molecule has 0 aliphatic heterocycles. The summed E-state index contributed by atoms with van der Waals surface area (Å²) in [5, 5.41) is 32.0. The van der Waals surface area contributed by atoms with E-state index in [0.717, 1.165) is 32.1 Å². The van der Waals surface area contributed by atoms with E-state index < -0.39 is 11.6 Å². The average molecular weight is 329 g/mol. The molecule has 4 heteroatoms. The zero-order valence-electron chi connectivity index (χ0n) is 14.1. The number of aliphatic hydroxyl groups is 1. The van der Waals surface area contributed by atoms with Gasteiger partial charge in [0.2, 0.25) is 0 Å². The molecule has 3 aliphatic carbocycles. The van der Waals surface area contributed by atoms with E-state index in [2.05, 4.69) is 13.0 Å². The van der Waals surface area contributed by atoms with Crippen LogP contribution in [0.25, 0.3) is 0 Å². The fourth-order valence-corrected chi connectivity index (χ4v) is 6.21. The van der Waals surface area contributed by atoms with Crippen LogP contribution in [-0.4, -0.2) is 21.8 Å². The van der Waals surface area contributed by atoms with Crippen molar-refractivity contribution in [1.82, 2.24) is 0 Å². The van der Waals surface area contributed by atoms with Crippen molar-refractivity contribution in [3.63, 3.8) is 0 Å². The number of rotatable bonds is 2. The summed E-state index contributed by atoms with van der Waals surface area (Å²) < 4.78 is 0. The van der Waals surface area contributed by atoms with Crippen LogP contribution >= 0.6 is 0 Å². The van der Waals surface area contributed by atoms with Gasteiger partial charge in [0.1, 0.15) is 5.75 Å². The number of aromatic hydroxyl groups is 1. The molecule has 130 valence electrons. The molecular weight excluding hydrogens is 304 g/mol. The number of carboxylic acids is 1. The number of hydrogen-bond donors (Lipinski definition) is 2. The van der Waals surface area contributed by atoms with Crippen LogP contribution in [0, 0.1) is 17.3 Å². The van der Waals surface area contributed by atoms with E-state index in [1.54, 1.807) is 6.07 Å². The molecule has 0 aromatic heterocycles. The first-order valence-corrected chi connectivity index (χ1v) is 9.08. The van der Waals surface area contributed by atoms with Gasteiger partial charge in [0.05, 0.1) is 5.60 Å². The standard InChI is InChI=1S/C20H26O4/c1-19-8-6-15-14-5-3-13(21)10-12(14)2-4-16(15)17(19)7-9-20(19,24)11-18(22)23/h3,5,10,15-17,21,24H,2,4,6-9,11H2,1H3,(H,22,23)/p-1/t15-,16-,17+,19+,20-/m1/s1. The van der Waals surface area contributed by atoms with Crippen molar-refractivity contribution < 1.29 is 20.1 Å². The maximum atomic E-state index is 11.2. The van der Waals surface area contributed by atoms with Gasteiger partial charge in [-0.25, -0.2) is 0 Å². The molecule has 24 heavy (non-hydrogen) atoms. The van der Waals surface area contributed by atoms with Crippen LogP contribution < -0.4 is 5.11 Å². The highest BCUT2D eigenvalue weighted by Gasteiger charge is 2.61. The molecule has 0 spiro atoms. The van der Waals surface area contributed by atoms with Crippen LogP contribution in [0.15, 0.2) is 18.2 Å². The quantitative estimate of drug-likeness (QED) is 0.871. The Balaban J connectivity index is 1.67. The van der Waals surface area contributed by atoms with Gasteiger partial charge in [0.15, 0.2) is 0 Å². The van der Waals surface area contributed by atoms with Crippen molar-refractivity contribution in [2.75, 3.05) is 0 Å². The summed E-state index contributed by atoms with van der Waals surface area (Å²) in [6.07, 6.45) is 5.05. The highest BCUT2D eigenvalue weighted by molar-refractivity contribution is 5.66. The first kappa shape index (κ1) is 15.9. The molecule has 1 aromatic rings. The monoisotopic (exact) mass is 329 g/mol. The summed E-state index contributed by atoms with van der Waals surface area (Å²) in [6, 6.07) is 5.73. The molecule has 0 amide bonds. The molecule has 1 aromatic carbocycles. The third kappa shape index (κ3) is 2.12. The van der Waals surface area contributed by atoms with Crippen LogP contribution in [0.4, 0.5) is 0 Å². The van der Waals surface area contributed by atoms with Gasteiger partial charge in [-0.15, -0.1) is 0 Å². The lowest BCUT2D eigenvalue weighted by Gasteiger charge is -2.53. The highest BCUT2D eigenvalue weighted by atomic mass is 16.4. The lowest BCUT2D eigenvalue weighted by Crippen LogP contribution is -2.52. The largest absolute Gasteiger partial charge is 0.550 e. The second-order valence-electron chi connectivity index (χ2n) is 8.37. The van der Waals surface area contributed by atoms with Crippen molar-refractivity contribution in [2.24, 2.45) is 17.3 Å². The number of carboxylic acid groups (broad SMARTS) is 1. The van der Waals surface area contributed by atoms with Gasteiger partial charge in [-0.2, -0.15) is 0 Å². The Bertz CT molecular complexity index is 684. The molecule has 2 fully saturated rings. The van der Waals surface area contributed by atoms with Gasteiger partial charge in [-0.05, 0) is 85.0 Å². The van der Waals surface area contributed by atoms with Crippen molar-refractivity contribution in [3.05, 3.63) is 29.3 Å². The molecule has 0 radical (unpaired) electrons. The van der Waals surface area contributed by atoms with Crippen LogP contribution in [0.3, 0.4) is 0 Å². The van der Waals surface area contributed by atoms with Crippen molar-refractivity contribution >= 4 is 5.97 Å². The molecule has 3 aliphatic rings. The summed E-state index contributed by atoms with van der Waals surface area (Å²) in [5.41, 5.74) is 1.14. The predicted octanol–water partition coefficient (Wildman–Crippen LogP) is 2.12. The normalized spacial score (nSPS) is 40.5. The zero-order valence-corrected chi connectivity index (χ0v) is 14.1. The maximum Gasteiger partial charge on any atom is 0.115 e. The summed E-state index contributed by atoms with van der Waals surface area (Å²) in [4.78, 5) is 11.2. The van der Waals surface area contributed by atoms with E-state index in [1.807, 2.05) is 6.07 Å². The van der Waals surface area contributed by atoms with E-state index in [-0.39, 0.29) is 11.8 Å². The molecule has 4 nitrogen and oxygen atoms in total. The van der Waals surface area contributed by atoms with Crippen LogP contribution in [-0.2, 0) is 11.2 Å². The lowest BCUT2D eigenvalue weighted by molar-refractivity contribution is -0.311. The van der Waals surface area contributed by atoms with E-state index in [4.69, 9.17) is 0 Å². The topological polar surface area (TPSA) is 80.6 Å². The molecular formula is C20H25O4-. The van der Waals surface area contributed by atoms with Crippen LogP contribution in [0.1, 0.15) is 62.5 Å². The molecule has 0 bridgehead atoms. The molecule has 2 saturated carbocycles. The second-order valence-corrected chi connectivity index (χ2v) is 8.37. The van der Waals surface area contributed by atoms with Gasteiger partial charge in [0.25, 0.3) is 0 Å². The number of carbonyl (C=O) groups excluding carboxylic acids is 1. The Morgan fingerprint density at radius 1 is 1.29 bits per heavy atom. The first-order valence-electron chi connectivity index (χ1n) is 9.08. The number of benzene rings is 1. The van der Waals surface area contributed by atoms with Gasteiger partial charge in [-0.3, -0.25) is 0 Å². The molecule has 2 N–H and O–H groups in total. The summed E-state index contributed by atoms with van der Waals surface area (Å²) in [6.45, 7) is 2.09. The average Bonchev–Trinajstić information content (AvgIpc) is 2.77. The summed E-state index contributed by atoms with van der Waals surface area (Å²) >= 11 is 0. The summed E-state index contributed by atoms with van der Waals surface area (Å²) in [5.74, 6) is 0.514. The fraction of sp³-hybridized carbons (Fsp3) is 0.650. The molecule has 0 saturated heterocycles. The smallest absolute Gasteiger partial charge is 0.115 e. The Labute approximate surface area is 142 Å². The number of hydrogen-bond acceptors (Lipinski definition) is 4. The lowest BCUT2D eigenvalue weighted by atomic mass is 9.53. The third-order valence-corrected chi connectivity index (χ3v) is 7.47. The van der Waals surface area contributed by atoms with E-state index in [0.29, 0.717) is 29.9 Å². The van der Waals surface area contributed by atoms with Crippen LogP contribution in [0.5, 0.6) is 5.75 Å². The van der Waals surface area contributed by atoms with E-state index in [9.17, 15) is 20.1 Å². The van der Waals surface area contributed by atoms with Gasteiger partial charge in [0, 0.05) is 12.4 Å². The van der Waals surface area contributed by atoms with Gasteiger partial charge < -0.3 is 20.1 Å². The van der Waals surface area contributed by atoms with E-state index >= 15 is 0 Å². The molecule has 0 unspecified atom stereocenters. The first-order chi connectivity index (χ1) is 11.3. The van der Waals surface area contributed by atoms with E-state index in [1.165, 1.54) is 11.1 Å². The minimum atomic E-state index is -1.15. The van der Waals surface area contributed by atoms with Crippen LogP contribution in [0.2, 0.25) is 0 Å². The Morgan fingerprint density at radius 2 is 2.08 bits per heavy atom. The Hall–Kier alpha value is -1.55. The minimum absolute atomic E-state index is 0.248. The number of fused-ring (bicyclic) bond motifs is 5.